The van der Waals surface area contributed by atoms with Crippen molar-refractivity contribution in [2.75, 3.05) is 11.5 Å². The lowest BCUT2D eigenvalue weighted by atomic mass is 9.85. The SMILES string of the molecule is Cc1ccc(C(=O)COC(=O)c2cc(-c3ccc(N4C(=O)C5C6C=CC(C6)C5C4=O)cc3)nc3c(C)cc(Br)cc23)cc1. The van der Waals surface area contributed by atoms with Crippen LogP contribution in [0.5, 0.6) is 0 Å². The zero-order valence-corrected chi connectivity index (χ0v) is 25.1. The van der Waals surface area contributed by atoms with Crippen LogP contribution >= 0.6 is 15.9 Å². The van der Waals surface area contributed by atoms with Crippen LogP contribution in [0.3, 0.4) is 0 Å². The van der Waals surface area contributed by atoms with Gasteiger partial charge in [0.2, 0.25) is 11.8 Å². The van der Waals surface area contributed by atoms with Gasteiger partial charge < -0.3 is 4.74 Å². The maximum atomic E-state index is 13.4. The number of hydrogen-bond acceptors (Lipinski definition) is 6. The highest BCUT2D eigenvalue weighted by molar-refractivity contribution is 9.10. The van der Waals surface area contributed by atoms with Gasteiger partial charge in [-0.1, -0.05) is 70.0 Å². The van der Waals surface area contributed by atoms with Crippen molar-refractivity contribution >= 4 is 56.1 Å². The van der Waals surface area contributed by atoms with Crippen LogP contribution in [0.15, 0.2) is 83.4 Å². The van der Waals surface area contributed by atoms with Crippen LogP contribution in [0.4, 0.5) is 5.69 Å². The van der Waals surface area contributed by atoms with Gasteiger partial charge in [0, 0.05) is 21.0 Å². The van der Waals surface area contributed by atoms with Crippen molar-refractivity contribution in [1.82, 2.24) is 4.98 Å². The molecule has 7 nitrogen and oxygen atoms in total. The van der Waals surface area contributed by atoms with E-state index in [1.807, 2.05) is 38.1 Å². The summed E-state index contributed by atoms with van der Waals surface area (Å²) < 4.78 is 6.29. The second-order valence-corrected chi connectivity index (χ2v) is 12.5. The minimum Gasteiger partial charge on any atom is -0.454 e. The molecule has 1 saturated heterocycles. The predicted molar refractivity (Wildman–Crippen MR) is 166 cm³/mol. The molecule has 4 atom stereocenters. The molecule has 4 aromatic rings. The monoisotopic (exact) mass is 634 g/mol. The van der Waals surface area contributed by atoms with Gasteiger partial charge in [0.15, 0.2) is 12.4 Å². The maximum absolute atomic E-state index is 13.4. The summed E-state index contributed by atoms with van der Waals surface area (Å²) in [6.07, 6.45) is 5.04. The smallest absolute Gasteiger partial charge is 0.339 e. The number of carbonyl (C=O) groups is 4. The van der Waals surface area contributed by atoms with Crippen LogP contribution in [-0.4, -0.2) is 35.2 Å². The summed E-state index contributed by atoms with van der Waals surface area (Å²) in [5, 5.41) is 0.600. The molecule has 2 amide bonds. The predicted octanol–water partition coefficient (Wildman–Crippen LogP) is 6.63. The Labute approximate surface area is 256 Å². The van der Waals surface area contributed by atoms with Crippen LogP contribution < -0.4 is 4.90 Å². The van der Waals surface area contributed by atoms with Gasteiger partial charge in [-0.3, -0.25) is 19.3 Å². The molecule has 4 unspecified atom stereocenters. The van der Waals surface area contributed by atoms with E-state index in [-0.39, 0.29) is 53.4 Å². The van der Waals surface area contributed by atoms with Gasteiger partial charge in [-0.2, -0.15) is 0 Å². The third kappa shape index (κ3) is 4.61. The number of imide groups is 1. The van der Waals surface area contributed by atoms with Gasteiger partial charge in [0.05, 0.1) is 34.3 Å². The van der Waals surface area contributed by atoms with Crippen molar-refractivity contribution in [3.63, 3.8) is 0 Å². The Bertz CT molecular complexity index is 1850. The maximum Gasteiger partial charge on any atom is 0.339 e. The molecular weight excluding hydrogens is 608 g/mol. The average Bonchev–Trinajstić information content (AvgIpc) is 3.69. The number of benzene rings is 3. The fourth-order valence-corrected chi connectivity index (χ4v) is 7.32. The Morgan fingerprint density at radius 3 is 2.21 bits per heavy atom. The molecule has 1 aliphatic heterocycles. The van der Waals surface area contributed by atoms with Gasteiger partial charge in [0.25, 0.3) is 0 Å². The topological polar surface area (TPSA) is 93.6 Å². The number of nitrogens with zero attached hydrogens (tertiary/aromatic N) is 2. The third-order valence-electron chi connectivity index (χ3n) is 8.89. The summed E-state index contributed by atoms with van der Waals surface area (Å²) in [5.74, 6) is -1.43. The number of anilines is 1. The molecule has 0 N–H and O–H groups in total. The molecule has 214 valence electrons. The lowest BCUT2D eigenvalue weighted by Gasteiger charge is -2.18. The molecule has 7 rings (SSSR count). The lowest BCUT2D eigenvalue weighted by Crippen LogP contribution is -2.32. The zero-order valence-electron chi connectivity index (χ0n) is 23.5. The van der Waals surface area contributed by atoms with Crippen LogP contribution in [0.1, 0.15) is 38.3 Å². The van der Waals surface area contributed by atoms with Gasteiger partial charge in [-0.25, -0.2) is 9.78 Å². The highest BCUT2D eigenvalue weighted by Crippen LogP contribution is 2.53. The van der Waals surface area contributed by atoms with E-state index in [0.717, 1.165) is 22.0 Å². The number of allylic oxidation sites excluding steroid dienone is 2. The lowest BCUT2D eigenvalue weighted by molar-refractivity contribution is -0.123. The Kier molecular flexibility index (Phi) is 6.62. The molecule has 3 aliphatic rings. The minimum atomic E-state index is -0.633. The van der Waals surface area contributed by atoms with E-state index in [2.05, 4.69) is 28.1 Å². The van der Waals surface area contributed by atoms with Crippen LogP contribution in [0.25, 0.3) is 22.2 Å². The Morgan fingerprint density at radius 2 is 1.56 bits per heavy atom. The molecule has 2 heterocycles. The normalized spacial score (nSPS) is 22.0. The van der Waals surface area contributed by atoms with Crippen molar-refractivity contribution in [2.45, 2.75) is 20.3 Å². The summed E-state index contributed by atoms with van der Waals surface area (Å²) in [6.45, 7) is 3.46. The number of aromatic nitrogens is 1. The minimum absolute atomic E-state index is 0.130. The number of ether oxygens (including phenoxy) is 1. The Morgan fingerprint density at radius 1 is 0.907 bits per heavy atom. The molecule has 1 aromatic heterocycles. The molecule has 2 fully saturated rings. The average molecular weight is 636 g/mol. The van der Waals surface area contributed by atoms with Gasteiger partial charge in [0.1, 0.15) is 0 Å². The summed E-state index contributed by atoms with van der Waals surface area (Å²) in [4.78, 5) is 58.8. The fraction of sp³-hybridized carbons (Fsp3) is 0.229. The number of hydrogen-bond donors (Lipinski definition) is 0. The first kappa shape index (κ1) is 27.4. The van der Waals surface area contributed by atoms with E-state index < -0.39 is 5.97 Å². The third-order valence-corrected chi connectivity index (χ3v) is 9.35. The molecule has 8 heteroatoms. The van der Waals surface area contributed by atoms with Crippen LogP contribution in [-0.2, 0) is 14.3 Å². The van der Waals surface area contributed by atoms with E-state index in [9.17, 15) is 19.2 Å². The standard InChI is InChI=1S/C35H27BrN2O5/c1-18-3-5-21(6-4-18)29(39)17-43-35(42)27-16-28(37-32-19(2)13-24(36)15-26(27)32)20-9-11-25(12-10-20)38-33(40)30-22-7-8-23(14-22)31(30)34(38)41/h3-13,15-16,22-23,30-31H,14,17H2,1-2H3. The van der Waals surface area contributed by atoms with Crippen LogP contribution in [0.2, 0.25) is 0 Å². The molecule has 0 spiro atoms. The molecule has 43 heavy (non-hydrogen) atoms. The largest absolute Gasteiger partial charge is 0.454 e. The van der Waals surface area contributed by atoms with Gasteiger partial charge in [-0.15, -0.1) is 0 Å². The molecule has 3 aromatic carbocycles. The summed E-state index contributed by atoms with van der Waals surface area (Å²) in [7, 11) is 0. The number of Topliss-reactive ketones (excluding diaryl/α,β-unsaturated/α-hetero) is 1. The number of carbonyl (C=O) groups excluding carboxylic acids is 4. The summed E-state index contributed by atoms with van der Waals surface area (Å²) in [5.41, 5.74) is 5.04. The van der Waals surface area contributed by atoms with E-state index in [0.29, 0.717) is 33.4 Å². The van der Waals surface area contributed by atoms with E-state index in [4.69, 9.17) is 9.72 Å². The van der Waals surface area contributed by atoms with Crippen molar-refractivity contribution in [1.29, 1.82) is 0 Å². The molecular formula is C35H27BrN2O5. The highest BCUT2D eigenvalue weighted by Gasteiger charge is 2.59. The second kappa shape index (κ2) is 10.4. The summed E-state index contributed by atoms with van der Waals surface area (Å²) in [6, 6.07) is 19.6. The Hall–Kier alpha value is -4.43. The van der Waals surface area contributed by atoms with Crippen molar-refractivity contribution in [2.24, 2.45) is 23.7 Å². The van der Waals surface area contributed by atoms with Gasteiger partial charge >= 0.3 is 5.97 Å². The van der Waals surface area contributed by atoms with Crippen molar-refractivity contribution < 1.29 is 23.9 Å². The summed E-state index contributed by atoms with van der Waals surface area (Å²) >= 11 is 3.51. The Balaban J connectivity index is 1.19. The van der Waals surface area contributed by atoms with Crippen LogP contribution in [0, 0.1) is 37.5 Å². The molecule has 2 aliphatic carbocycles. The van der Waals surface area contributed by atoms with Gasteiger partial charge in [-0.05, 0) is 68.0 Å². The zero-order chi connectivity index (χ0) is 30.0. The van der Waals surface area contributed by atoms with E-state index in [1.54, 1.807) is 42.5 Å². The second-order valence-electron chi connectivity index (χ2n) is 11.6. The van der Waals surface area contributed by atoms with Crippen molar-refractivity contribution in [3.05, 3.63) is 106 Å². The number of rotatable bonds is 6. The first-order valence-electron chi connectivity index (χ1n) is 14.2. The number of pyridine rings is 1. The number of halogens is 1. The quantitative estimate of drug-likeness (QED) is 0.102. The molecule has 1 saturated carbocycles. The van der Waals surface area contributed by atoms with E-state index in [1.165, 1.54) is 4.90 Å². The van der Waals surface area contributed by atoms with Crippen molar-refractivity contribution in [3.8, 4) is 11.3 Å². The molecule has 0 radical (unpaired) electrons. The number of amides is 2. The fourth-order valence-electron chi connectivity index (χ4n) is 6.74. The molecule has 2 bridgehead atoms. The number of aryl methyl sites for hydroxylation is 2. The first-order valence-corrected chi connectivity index (χ1v) is 15.0. The first-order chi connectivity index (χ1) is 20.7. The van der Waals surface area contributed by atoms with E-state index >= 15 is 0 Å². The highest BCUT2D eigenvalue weighted by atomic mass is 79.9. The number of esters is 1. The number of ketones is 1. The number of fused-ring (bicyclic) bond motifs is 6.